The summed E-state index contributed by atoms with van der Waals surface area (Å²) < 4.78 is 26.7. The Morgan fingerprint density at radius 1 is 1.19 bits per heavy atom. The maximum absolute atomic E-state index is 14.7. The molecule has 6 nitrogen and oxygen atoms in total. The third-order valence-corrected chi connectivity index (χ3v) is 6.20. The number of fused-ring (bicyclic) bond motifs is 1. The van der Waals surface area contributed by atoms with Crippen LogP contribution in [-0.4, -0.2) is 45.6 Å². The van der Waals surface area contributed by atoms with Crippen LogP contribution in [-0.2, 0) is 6.61 Å². The number of hydrogen-bond acceptors (Lipinski definition) is 6. The fourth-order valence-electron chi connectivity index (χ4n) is 4.20. The van der Waals surface area contributed by atoms with Gasteiger partial charge in [-0.05, 0) is 38.4 Å². The van der Waals surface area contributed by atoms with Crippen LogP contribution in [0.2, 0.25) is 5.15 Å². The third kappa shape index (κ3) is 4.57. The monoisotopic (exact) mass is 444 g/mol. The van der Waals surface area contributed by atoms with Crippen molar-refractivity contribution in [2.24, 2.45) is 0 Å². The molecular weight excluding hydrogens is 419 g/mol. The molecule has 1 atom stereocenters. The number of rotatable bonds is 8. The van der Waals surface area contributed by atoms with Crippen LogP contribution in [0.25, 0.3) is 10.9 Å². The third-order valence-electron chi connectivity index (χ3n) is 5.94. The Morgan fingerprint density at radius 2 is 2.00 bits per heavy atom. The molecule has 2 aromatic heterocycles. The highest BCUT2D eigenvalue weighted by molar-refractivity contribution is 6.30. The van der Waals surface area contributed by atoms with Crippen LogP contribution in [0.3, 0.4) is 0 Å². The summed E-state index contributed by atoms with van der Waals surface area (Å²) in [4.78, 5) is 15.0. The normalized spacial score (nSPS) is 19.1. The molecular formula is C23H26ClFN4O2. The van der Waals surface area contributed by atoms with Gasteiger partial charge in [0, 0.05) is 6.20 Å². The lowest BCUT2D eigenvalue weighted by atomic mass is 9.92. The molecule has 3 heterocycles. The zero-order chi connectivity index (χ0) is 21.8. The molecule has 8 heteroatoms. The van der Waals surface area contributed by atoms with Gasteiger partial charge >= 0.3 is 6.01 Å². The van der Waals surface area contributed by atoms with E-state index in [9.17, 15) is 4.39 Å². The van der Waals surface area contributed by atoms with Crippen molar-refractivity contribution in [1.29, 1.82) is 0 Å². The maximum atomic E-state index is 14.7. The van der Waals surface area contributed by atoms with Gasteiger partial charge in [-0.25, -0.2) is 9.37 Å². The van der Waals surface area contributed by atoms with Crippen molar-refractivity contribution < 1.29 is 13.9 Å². The van der Waals surface area contributed by atoms with Crippen LogP contribution in [0.5, 0.6) is 11.9 Å². The largest absolute Gasteiger partial charge is 0.472 e. The van der Waals surface area contributed by atoms with E-state index in [0.29, 0.717) is 12.0 Å². The molecule has 0 bridgehead atoms. The van der Waals surface area contributed by atoms with Crippen molar-refractivity contribution in [3.8, 4) is 11.9 Å². The molecule has 1 fully saturated rings. The second-order valence-corrected chi connectivity index (χ2v) is 8.36. The average Bonchev–Trinajstić information content (AvgIpc) is 3.14. The average molecular weight is 445 g/mol. The number of nitrogens with zero attached hydrogens (tertiary/aromatic N) is 4. The highest BCUT2D eigenvalue weighted by atomic mass is 35.5. The van der Waals surface area contributed by atoms with Gasteiger partial charge in [-0.3, -0.25) is 4.90 Å². The highest BCUT2D eigenvalue weighted by Crippen LogP contribution is 2.34. The molecule has 0 spiro atoms. The molecule has 3 aromatic rings. The summed E-state index contributed by atoms with van der Waals surface area (Å²) in [6, 6.07) is 9.76. The van der Waals surface area contributed by atoms with E-state index in [-0.39, 0.29) is 34.7 Å². The van der Waals surface area contributed by atoms with Crippen molar-refractivity contribution >= 4 is 22.5 Å². The standard InChI is InChI=1S/C23H26ClFN4O2/c1-3-10-23(11-7-12-29(23)2)15-31-22-27-19-17(13-26-20(24)18(19)25)21(28-22)30-14-16-8-5-4-6-9-16/h4-6,8-9,13H,3,7,10-12,14-15H2,1-2H3. The lowest BCUT2D eigenvalue weighted by molar-refractivity contribution is 0.0822. The predicted molar refractivity (Wildman–Crippen MR) is 118 cm³/mol. The number of benzene rings is 1. The lowest BCUT2D eigenvalue weighted by Crippen LogP contribution is -2.46. The van der Waals surface area contributed by atoms with E-state index in [1.807, 2.05) is 30.3 Å². The van der Waals surface area contributed by atoms with Gasteiger partial charge in [0.15, 0.2) is 11.0 Å². The lowest BCUT2D eigenvalue weighted by Gasteiger charge is -2.35. The van der Waals surface area contributed by atoms with Gasteiger partial charge in [-0.2, -0.15) is 9.97 Å². The molecule has 164 valence electrons. The minimum atomic E-state index is -0.711. The van der Waals surface area contributed by atoms with Crippen LogP contribution >= 0.6 is 11.6 Å². The fraction of sp³-hybridized carbons (Fsp3) is 0.435. The number of likely N-dealkylation sites (N-methyl/N-ethyl adjacent to an activating group) is 1. The molecule has 1 unspecified atom stereocenters. The molecule has 0 radical (unpaired) electrons. The highest BCUT2D eigenvalue weighted by Gasteiger charge is 2.39. The summed E-state index contributed by atoms with van der Waals surface area (Å²) in [5.41, 5.74) is 0.943. The Balaban J connectivity index is 1.64. The minimum Gasteiger partial charge on any atom is -0.472 e. The fourth-order valence-corrected chi connectivity index (χ4v) is 4.34. The van der Waals surface area contributed by atoms with E-state index in [1.54, 1.807) is 0 Å². The first-order chi connectivity index (χ1) is 15.0. The van der Waals surface area contributed by atoms with Crippen molar-refractivity contribution in [3.63, 3.8) is 0 Å². The number of pyridine rings is 1. The first-order valence-electron chi connectivity index (χ1n) is 10.5. The predicted octanol–water partition coefficient (Wildman–Crippen LogP) is 5.04. The molecule has 1 aliphatic heterocycles. The van der Waals surface area contributed by atoms with Crippen LogP contribution in [0.4, 0.5) is 4.39 Å². The smallest absolute Gasteiger partial charge is 0.320 e. The first kappa shape index (κ1) is 21.7. The first-order valence-corrected chi connectivity index (χ1v) is 10.9. The van der Waals surface area contributed by atoms with Crippen LogP contribution < -0.4 is 9.47 Å². The summed E-state index contributed by atoms with van der Waals surface area (Å²) in [7, 11) is 2.12. The number of halogens is 2. The molecule has 1 saturated heterocycles. The summed E-state index contributed by atoms with van der Waals surface area (Å²) in [5.74, 6) is -0.492. The maximum Gasteiger partial charge on any atom is 0.320 e. The Hall–Kier alpha value is -2.51. The number of ether oxygens (including phenoxy) is 2. The van der Waals surface area contributed by atoms with Crippen molar-refractivity contribution in [1.82, 2.24) is 19.9 Å². The van der Waals surface area contributed by atoms with E-state index >= 15 is 0 Å². The molecule has 0 N–H and O–H groups in total. The van der Waals surface area contributed by atoms with Gasteiger partial charge in [0.05, 0.1) is 10.9 Å². The topological polar surface area (TPSA) is 60.4 Å². The molecule has 31 heavy (non-hydrogen) atoms. The molecule has 0 aliphatic carbocycles. The van der Waals surface area contributed by atoms with E-state index in [2.05, 4.69) is 33.8 Å². The van der Waals surface area contributed by atoms with E-state index < -0.39 is 5.82 Å². The molecule has 0 saturated carbocycles. The summed E-state index contributed by atoms with van der Waals surface area (Å²) in [6.07, 6.45) is 5.66. The number of likely N-dealkylation sites (tertiary alicyclic amines) is 1. The van der Waals surface area contributed by atoms with Crippen LogP contribution in [0, 0.1) is 5.82 Å². The van der Waals surface area contributed by atoms with Gasteiger partial charge in [-0.1, -0.05) is 55.3 Å². The summed E-state index contributed by atoms with van der Waals surface area (Å²) >= 11 is 5.89. The number of hydrogen-bond donors (Lipinski definition) is 0. The Kier molecular flexibility index (Phi) is 6.53. The second kappa shape index (κ2) is 9.32. The zero-order valence-electron chi connectivity index (χ0n) is 17.8. The second-order valence-electron chi connectivity index (χ2n) is 8.00. The van der Waals surface area contributed by atoms with Crippen molar-refractivity contribution in [2.75, 3.05) is 20.2 Å². The number of aromatic nitrogens is 3. The van der Waals surface area contributed by atoms with Gasteiger partial charge < -0.3 is 9.47 Å². The van der Waals surface area contributed by atoms with Gasteiger partial charge in [0.2, 0.25) is 5.88 Å². The Morgan fingerprint density at radius 3 is 2.71 bits per heavy atom. The minimum absolute atomic E-state index is 0.0392. The van der Waals surface area contributed by atoms with E-state index in [1.165, 1.54) is 6.20 Å². The van der Waals surface area contributed by atoms with Crippen LogP contribution in [0.15, 0.2) is 36.5 Å². The van der Waals surface area contributed by atoms with Crippen LogP contribution in [0.1, 0.15) is 38.2 Å². The van der Waals surface area contributed by atoms with Gasteiger partial charge in [0.1, 0.15) is 18.7 Å². The zero-order valence-corrected chi connectivity index (χ0v) is 18.5. The Bertz CT molecular complexity index is 1050. The van der Waals surface area contributed by atoms with E-state index in [0.717, 1.165) is 37.8 Å². The molecule has 1 aliphatic rings. The Labute approximate surface area is 186 Å². The summed E-state index contributed by atoms with van der Waals surface area (Å²) in [5, 5.41) is 0.107. The molecule has 1 aromatic carbocycles. The van der Waals surface area contributed by atoms with E-state index in [4.69, 9.17) is 21.1 Å². The van der Waals surface area contributed by atoms with Gasteiger partial charge in [0.25, 0.3) is 0 Å². The quantitative estimate of drug-likeness (QED) is 0.453. The van der Waals surface area contributed by atoms with Crippen molar-refractivity contribution in [2.45, 2.75) is 44.8 Å². The molecule has 0 amide bonds. The van der Waals surface area contributed by atoms with Crippen molar-refractivity contribution in [3.05, 3.63) is 53.1 Å². The molecule has 4 rings (SSSR count). The van der Waals surface area contributed by atoms with Gasteiger partial charge in [-0.15, -0.1) is 0 Å². The summed E-state index contributed by atoms with van der Waals surface area (Å²) in [6.45, 7) is 3.91. The SMILES string of the molecule is CCCC1(COc2nc(OCc3ccccc3)c3cnc(Cl)c(F)c3n2)CCCN1C.